The number of Topliss-reactive ketones (excluding diaryl/α,β-unsaturated/α-hetero) is 3. The van der Waals surface area contributed by atoms with E-state index in [9.17, 15) is 14.4 Å². The number of fused-ring (bicyclic) bond motifs is 1. The van der Waals surface area contributed by atoms with Gasteiger partial charge in [-0.1, -0.05) is 63.2 Å². The molecule has 138 valence electrons. The van der Waals surface area contributed by atoms with Crippen LogP contribution < -0.4 is 4.74 Å². The quantitative estimate of drug-likeness (QED) is 0.789. The molecule has 3 rings (SSSR count). The van der Waals surface area contributed by atoms with Gasteiger partial charge in [-0.05, 0) is 12.1 Å². The molecular weight excluding hydrogens is 340 g/mol. The van der Waals surface area contributed by atoms with E-state index in [2.05, 4.69) is 0 Å². The Labute approximate surface area is 158 Å². The number of benzene rings is 2. The highest BCUT2D eigenvalue weighted by Crippen LogP contribution is 2.31. The Hall–Kier alpha value is -3.01. The molecule has 0 aromatic heterocycles. The second-order valence-electron chi connectivity index (χ2n) is 7.61. The van der Waals surface area contributed by atoms with Crippen LogP contribution in [-0.4, -0.2) is 24.0 Å². The van der Waals surface area contributed by atoms with Gasteiger partial charge < -0.3 is 4.74 Å². The van der Waals surface area contributed by atoms with E-state index < -0.39 is 5.41 Å². The SMILES string of the molecule is CC(C)(C)C(=O)CC1=C(COc2ccccc2)C(=O)c2ccccc2C1=O. The highest BCUT2D eigenvalue weighted by molar-refractivity contribution is 6.28. The molecule has 0 heterocycles. The number of hydrogen-bond acceptors (Lipinski definition) is 4. The third-order valence-electron chi connectivity index (χ3n) is 4.63. The van der Waals surface area contributed by atoms with Crippen LogP contribution in [0.5, 0.6) is 5.75 Å². The summed E-state index contributed by atoms with van der Waals surface area (Å²) in [6.45, 7) is 5.37. The van der Waals surface area contributed by atoms with Gasteiger partial charge in [0.1, 0.15) is 18.1 Å². The number of carbonyl (C=O) groups excluding carboxylic acids is 3. The van der Waals surface area contributed by atoms with Crippen LogP contribution in [0.1, 0.15) is 47.9 Å². The summed E-state index contributed by atoms with van der Waals surface area (Å²) in [6.07, 6.45) is -0.0735. The van der Waals surface area contributed by atoms with Crippen LogP contribution in [-0.2, 0) is 4.79 Å². The van der Waals surface area contributed by atoms with Gasteiger partial charge in [-0.25, -0.2) is 0 Å². The number of rotatable bonds is 5. The monoisotopic (exact) mass is 362 g/mol. The summed E-state index contributed by atoms with van der Waals surface area (Å²) in [5, 5.41) is 0. The Morgan fingerprint density at radius 2 is 1.33 bits per heavy atom. The summed E-state index contributed by atoms with van der Waals surface area (Å²) in [7, 11) is 0. The molecule has 0 aliphatic heterocycles. The van der Waals surface area contributed by atoms with E-state index in [1.165, 1.54) is 0 Å². The summed E-state index contributed by atoms with van der Waals surface area (Å²) in [5.74, 6) is -0.00634. The molecule has 0 bridgehead atoms. The molecule has 0 saturated heterocycles. The predicted octanol–water partition coefficient (Wildman–Crippen LogP) is 4.45. The minimum atomic E-state index is -0.599. The maximum absolute atomic E-state index is 13.0. The third-order valence-corrected chi connectivity index (χ3v) is 4.63. The fraction of sp³-hybridized carbons (Fsp3) is 0.261. The third kappa shape index (κ3) is 3.90. The van der Waals surface area contributed by atoms with E-state index in [0.717, 1.165) is 0 Å². The lowest BCUT2D eigenvalue weighted by atomic mass is 9.79. The number of ketones is 3. The van der Waals surface area contributed by atoms with E-state index in [0.29, 0.717) is 16.9 Å². The van der Waals surface area contributed by atoms with Crippen molar-refractivity contribution >= 4 is 17.3 Å². The minimum Gasteiger partial charge on any atom is -0.489 e. The fourth-order valence-electron chi connectivity index (χ4n) is 2.92. The van der Waals surface area contributed by atoms with Gasteiger partial charge in [0.25, 0.3) is 0 Å². The molecule has 2 aromatic carbocycles. The maximum Gasteiger partial charge on any atom is 0.193 e. The lowest BCUT2D eigenvalue weighted by Gasteiger charge is -2.23. The van der Waals surface area contributed by atoms with Crippen molar-refractivity contribution in [3.05, 3.63) is 76.9 Å². The van der Waals surface area contributed by atoms with Crippen LogP contribution in [0.15, 0.2) is 65.7 Å². The highest BCUT2D eigenvalue weighted by Gasteiger charge is 2.35. The van der Waals surface area contributed by atoms with E-state index in [1.54, 1.807) is 57.2 Å². The fourth-order valence-corrected chi connectivity index (χ4v) is 2.92. The van der Waals surface area contributed by atoms with Crippen molar-refractivity contribution in [3.63, 3.8) is 0 Å². The second kappa shape index (κ2) is 7.31. The molecule has 1 aliphatic carbocycles. The molecule has 0 fully saturated rings. The van der Waals surface area contributed by atoms with Crippen molar-refractivity contribution in [3.8, 4) is 5.75 Å². The van der Waals surface area contributed by atoms with Crippen LogP contribution >= 0.6 is 0 Å². The van der Waals surface area contributed by atoms with Crippen molar-refractivity contribution < 1.29 is 19.1 Å². The lowest BCUT2D eigenvalue weighted by Crippen LogP contribution is -2.29. The van der Waals surface area contributed by atoms with Gasteiger partial charge in [0, 0.05) is 34.1 Å². The topological polar surface area (TPSA) is 60.4 Å². The number of allylic oxidation sites excluding steroid dienone is 1. The Kier molecular flexibility index (Phi) is 5.08. The van der Waals surface area contributed by atoms with Gasteiger partial charge >= 0.3 is 0 Å². The molecule has 0 N–H and O–H groups in total. The standard InChI is InChI=1S/C23H22O4/c1-23(2,3)20(24)13-18-19(14-27-15-9-5-4-6-10-15)22(26)17-12-8-7-11-16(17)21(18)25/h4-12H,13-14H2,1-3H3. The molecular formula is C23H22O4. The molecule has 0 atom stereocenters. The van der Waals surface area contributed by atoms with Gasteiger partial charge in [0.2, 0.25) is 0 Å². The van der Waals surface area contributed by atoms with Crippen LogP contribution in [0.25, 0.3) is 0 Å². The Morgan fingerprint density at radius 1 is 0.815 bits per heavy atom. The molecule has 0 saturated carbocycles. The zero-order chi connectivity index (χ0) is 19.6. The number of para-hydroxylation sites is 1. The molecule has 0 spiro atoms. The summed E-state index contributed by atoms with van der Waals surface area (Å²) in [6, 6.07) is 15.8. The highest BCUT2D eigenvalue weighted by atomic mass is 16.5. The van der Waals surface area contributed by atoms with Crippen LogP contribution in [0.3, 0.4) is 0 Å². The Bertz CT molecular complexity index is 930. The molecule has 1 aliphatic rings. The van der Waals surface area contributed by atoms with Crippen molar-refractivity contribution in [1.29, 1.82) is 0 Å². The Morgan fingerprint density at radius 3 is 1.89 bits per heavy atom. The van der Waals surface area contributed by atoms with Crippen molar-refractivity contribution in [2.75, 3.05) is 6.61 Å². The minimum absolute atomic E-state index is 0.0460. The van der Waals surface area contributed by atoms with Gasteiger partial charge in [-0.2, -0.15) is 0 Å². The predicted molar refractivity (Wildman–Crippen MR) is 103 cm³/mol. The smallest absolute Gasteiger partial charge is 0.193 e. The first kappa shape index (κ1) is 18.8. The molecule has 27 heavy (non-hydrogen) atoms. The zero-order valence-electron chi connectivity index (χ0n) is 15.7. The van der Waals surface area contributed by atoms with Crippen molar-refractivity contribution in [2.45, 2.75) is 27.2 Å². The number of ether oxygens (including phenoxy) is 1. The van der Waals surface area contributed by atoms with E-state index >= 15 is 0 Å². The van der Waals surface area contributed by atoms with Gasteiger partial charge in [-0.15, -0.1) is 0 Å². The maximum atomic E-state index is 13.0. The summed E-state index contributed by atoms with van der Waals surface area (Å²) < 4.78 is 5.73. The van der Waals surface area contributed by atoms with E-state index in [1.807, 2.05) is 18.2 Å². The van der Waals surface area contributed by atoms with E-state index in [-0.39, 0.29) is 41.5 Å². The van der Waals surface area contributed by atoms with Crippen LogP contribution in [0.2, 0.25) is 0 Å². The summed E-state index contributed by atoms with van der Waals surface area (Å²) in [4.78, 5) is 38.6. The molecule has 4 heteroatoms. The van der Waals surface area contributed by atoms with Crippen molar-refractivity contribution in [2.24, 2.45) is 5.41 Å². The molecule has 0 radical (unpaired) electrons. The molecule has 2 aromatic rings. The first-order valence-electron chi connectivity index (χ1n) is 8.90. The lowest BCUT2D eigenvalue weighted by molar-refractivity contribution is -0.125. The zero-order valence-corrected chi connectivity index (χ0v) is 15.7. The van der Waals surface area contributed by atoms with Gasteiger partial charge in [0.05, 0.1) is 0 Å². The molecule has 4 nitrogen and oxygen atoms in total. The van der Waals surface area contributed by atoms with Gasteiger partial charge in [-0.3, -0.25) is 14.4 Å². The van der Waals surface area contributed by atoms with Crippen molar-refractivity contribution in [1.82, 2.24) is 0 Å². The Balaban J connectivity index is 2.00. The first-order valence-corrected chi connectivity index (χ1v) is 8.90. The molecule has 0 unspecified atom stereocenters. The van der Waals surface area contributed by atoms with Crippen LogP contribution in [0.4, 0.5) is 0 Å². The number of carbonyl (C=O) groups is 3. The van der Waals surface area contributed by atoms with Gasteiger partial charge in [0.15, 0.2) is 11.6 Å². The molecule has 0 amide bonds. The average molecular weight is 362 g/mol. The van der Waals surface area contributed by atoms with Crippen LogP contribution in [0, 0.1) is 5.41 Å². The second-order valence-corrected chi connectivity index (χ2v) is 7.61. The van der Waals surface area contributed by atoms with E-state index in [4.69, 9.17) is 4.74 Å². The number of hydrogen-bond donors (Lipinski definition) is 0. The summed E-state index contributed by atoms with van der Waals surface area (Å²) in [5.41, 5.74) is 0.622. The average Bonchev–Trinajstić information content (AvgIpc) is 2.65. The summed E-state index contributed by atoms with van der Waals surface area (Å²) >= 11 is 0. The first-order chi connectivity index (χ1) is 12.8. The normalized spacial score (nSPS) is 14.2. The largest absolute Gasteiger partial charge is 0.489 e.